The molecule has 1 saturated heterocycles. The van der Waals surface area contributed by atoms with Gasteiger partial charge in [-0.25, -0.2) is 0 Å². The largest absolute Gasteiger partial charge is 0.320 e. The van der Waals surface area contributed by atoms with Crippen LogP contribution in [0.25, 0.3) is 6.08 Å². The molecule has 1 aliphatic heterocycles. The van der Waals surface area contributed by atoms with Crippen LogP contribution in [-0.4, -0.2) is 32.5 Å². The predicted octanol–water partition coefficient (Wildman–Crippen LogP) is 3.82. The Hall–Kier alpha value is -3.04. The lowest BCUT2D eigenvalue weighted by Crippen LogP contribution is -2.31. The third-order valence-corrected chi connectivity index (χ3v) is 5.29. The SMILES string of the molecule is O=C(CCN1C(=O)/C(=C\c2ccccc2)SC1=S)Nc1ccccc1[N+](=O)[O-]. The molecule has 0 bridgehead atoms. The number of nitro benzene ring substituents is 1. The average Bonchev–Trinajstić information content (AvgIpc) is 2.94. The highest BCUT2D eigenvalue weighted by Gasteiger charge is 2.32. The van der Waals surface area contributed by atoms with Gasteiger partial charge >= 0.3 is 0 Å². The van der Waals surface area contributed by atoms with Gasteiger partial charge in [0, 0.05) is 19.0 Å². The van der Waals surface area contributed by atoms with Gasteiger partial charge in [0.25, 0.3) is 11.6 Å². The normalized spacial score (nSPS) is 15.1. The highest BCUT2D eigenvalue weighted by molar-refractivity contribution is 8.26. The quantitative estimate of drug-likeness (QED) is 0.335. The van der Waals surface area contributed by atoms with Gasteiger partial charge in [-0.05, 0) is 17.7 Å². The molecule has 1 N–H and O–H groups in total. The number of hydrogen-bond acceptors (Lipinski definition) is 6. The number of nitro groups is 1. The number of anilines is 1. The molecule has 0 aromatic heterocycles. The third kappa shape index (κ3) is 4.62. The van der Waals surface area contributed by atoms with Crippen molar-refractivity contribution in [3.8, 4) is 0 Å². The average molecular weight is 413 g/mol. The lowest BCUT2D eigenvalue weighted by atomic mass is 10.2. The number of nitrogens with one attached hydrogen (secondary N) is 1. The van der Waals surface area contributed by atoms with Crippen LogP contribution in [-0.2, 0) is 9.59 Å². The molecule has 2 amide bonds. The second-order valence-electron chi connectivity index (χ2n) is 5.82. The van der Waals surface area contributed by atoms with E-state index in [1.807, 2.05) is 30.3 Å². The molecule has 28 heavy (non-hydrogen) atoms. The summed E-state index contributed by atoms with van der Waals surface area (Å²) in [5.74, 6) is -0.687. The zero-order valence-electron chi connectivity index (χ0n) is 14.5. The molecule has 1 aliphatic rings. The minimum atomic E-state index is -0.563. The minimum Gasteiger partial charge on any atom is -0.320 e. The predicted molar refractivity (Wildman–Crippen MR) is 113 cm³/mol. The van der Waals surface area contributed by atoms with Gasteiger partial charge in [-0.3, -0.25) is 24.6 Å². The standard InChI is InChI=1S/C19H15N3O4S2/c23-17(20-14-8-4-5-9-15(14)22(25)26)10-11-21-18(24)16(28-19(21)27)12-13-6-2-1-3-7-13/h1-9,12H,10-11H2,(H,20,23)/b16-12+. The molecular formula is C19H15N3O4S2. The van der Waals surface area contributed by atoms with E-state index in [-0.39, 0.29) is 30.2 Å². The van der Waals surface area contributed by atoms with Gasteiger partial charge in [-0.1, -0.05) is 66.4 Å². The Morgan fingerprint density at radius 1 is 1.18 bits per heavy atom. The number of para-hydroxylation sites is 2. The first kappa shape index (κ1) is 19.7. The van der Waals surface area contributed by atoms with Crippen molar-refractivity contribution < 1.29 is 14.5 Å². The van der Waals surface area contributed by atoms with E-state index in [1.165, 1.54) is 34.9 Å². The number of thiocarbonyl (C=S) groups is 1. The summed E-state index contributed by atoms with van der Waals surface area (Å²) in [5, 5.41) is 13.5. The Bertz CT molecular complexity index is 976. The smallest absolute Gasteiger partial charge is 0.292 e. The van der Waals surface area contributed by atoms with Crippen LogP contribution in [0.1, 0.15) is 12.0 Å². The fourth-order valence-corrected chi connectivity index (χ4v) is 3.87. The van der Waals surface area contributed by atoms with Crippen molar-refractivity contribution >= 4 is 57.6 Å². The first-order chi connectivity index (χ1) is 13.5. The molecule has 9 heteroatoms. The van der Waals surface area contributed by atoms with E-state index in [1.54, 1.807) is 12.1 Å². The van der Waals surface area contributed by atoms with Crippen molar-refractivity contribution in [1.29, 1.82) is 0 Å². The highest BCUT2D eigenvalue weighted by atomic mass is 32.2. The summed E-state index contributed by atoms with van der Waals surface area (Å²) in [6.45, 7) is 0.100. The Morgan fingerprint density at radius 3 is 2.57 bits per heavy atom. The Balaban J connectivity index is 1.62. The van der Waals surface area contributed by atoms with E-state index in [0.717, 1.165) is 5.56 Å². The van der Waals surface area contributed by atoms with E-state index in [2.05, 4.69) is 5.32 Å². The van der Waals surface area contributed by atoms with Crippen molar-refractivity contribution in [2.45, 2.75) is 6.42 Å². The topological polar surface area (TPSA) is 92.6 Å². The second-order valence-corrected chi connectivity index (χ2v) is 7.49. The maximum atomic E-state index is 12.6. The van der Waals surface area contributed by atoms with Crippen molar-refractivity contribution in [3.05, 3.63) is 75.2 Å². The Morgan fingerprint density at radius 2 is 1.86 bits per heavy atom. The molecule has 2 aromatic carbocycles. The molecule has 3 rings (SSSR count). The van der Waals surface area contributed by atoms with Crippen molar-refractivity contribution in [1.82, 2.24) is 4.90 Å². The van der Waals surface area contributed by atoms with Crippen LogP contribution < -0.4 is 5.32 Å². The number of carbonyl (C=O) groups excluding carboxylic acids is 2. The molecule has 0 aliphatic carbocycles. The van der Waals surface area contributed by atoms with Crippen LogP contribution >= 0.6 is 24.0 Å². The minimum absolute atomic E-state index is 0.0306. The maximum absolute atomic E-state index is 12.6. The lowest BCUT2D eigenvalue weighted by molar-refractivity contribution is -0.383. The van der Waals surface area contributed by atoms with Gasteiger partial charge in [0.1, 0.15) is 10.0 Å². The summed E-state index contributed by atoms with van der Waals surface area (Å²) in [6, 6.07) is 15.3. The molecule has 0 saturated carbocycles. The van der Waals surface area contributed by atoms with E-state index >= 15 is 0 Å². The highest BCUT2D eigenvalue weighted by Crippen LogP contribution is 2.32. The van der Waals surface area contributed by atoms with Gasteiger partial charge in [-0.15, -0.1) is 0 Å². The lowest BCUT2D eigenvalue weighted by Gasteiger charge is -2.14. The van der Waals surface area contributed by atoms with E-state index in [4.69, 9.17) is 12.2 Å². The van der Waals surface area contributed by atoms with Crippen molar-refractivity contribution in [2.24, 2.45) is 0 Å². The molecule has 1 heterocycles. The number of nitrogens with zero attached hydrogens (tertiary/aromatic N) is 2. The molecule has 0 unspecified atom stereocenters. The molecule has 2 aromatic rings. The molecule has 0 atom stereocenters. The third-order valence-electron chi connectivity index (χ3n) is 3.91. The first-order valence-electron chi connectivity index (χ1n) is 8.29. The van der Waals surface area contributed by atoms with Crippen LogP contribution in [0.2, 0.25) is 0 Å². The zero-order valence-corrected chi connectivity index (χ0v) is 16.2. The van der Waals surface area contributed by atoms with Crippen molar-refractivity contribution in [3.63, 3.8) is 0 Å². The number of benzene rings is 2. The van der Waals surface area contributed by atoms with Gasteiger partial charge in [-0.2, -0.15) is 0 Å². The summed E-state index contributed by atoms with van der Waals surface area (Å²) in [4.78, 5) is 37.1. The van der Waals surface area contributed by atoms with Crippen LogP contribution in [0.15, 0.2) is 59.5 Å². The number of rotatable bonds is 6. The summed E-state index contributed by atoms with van der Waals surface area (Å²) in [5.41, 5.74) is 0.816. The van der Waals surface area contributed by atoms with Gasteiger partial charge in [0.05, 0.1) is 9.83 Å². The van der Waals surface area contributed by atoms with Gasteiger partial charge in [0.2, 0.25) is 5.91 Å². The fourth-order valence-electron chi connectivity index (χ4n) is 2.56. The second kappa shape index (κ2) is 8.77. The summed E-state index contributed by atoms with van der Waals surface area (Å²) in [6.07, 6.45) is 1.73. The van der Waals surface area contributed by atoms with Crippen LogP contribution in [0.5, 0.6) is 0 Å². The van der Waals surface area contributed by atoms with Crippen LogP contribution in [0, 0.1) is 10.1 Å². The summed E-state index contributed by atoms with van der Waals surface area (Å²) >= 11 is 6.44. The maximum Gasteiger partial charge on any atom is 0.292 e. The first-order valence-corrected chi connectivity index (χ1v) is 9.52. The van der Waals surface area contributed by atoms with E-state index < -0.39 is 10.8 Å². The molecule has 0 radical (unpaired) electrons. The summed E-state index contributed by atoms with van der Waals surface area (Å²) < 4.78 is 0.380. The molecule has 142 valence electrons. The Kier molecular flexibility index (Phi) is 6.17. The monoisotopic (exact) mass is 413 g/mol. The number of hydrogen-bond donors (Lipinski definition) is 1. The number of thioether (sulfide) groups is 1. The van der Waals surface area contributed by atoms with Crippen LogP contribution in [0.3, 0.4) is 0 Å². The fraction of sp³-hybridized carbons (Fsp3) is 0.105. The van der Waals surface area contributed by atoms with Crippen LogP contribution in [0.4, 0.5) is 11.4 Å². The van der Waals surface area contributed by atoms with Gasteiger partial charge in [0.15, 0.2) is 0 Å². The number of amides is 2. The van der Waals surface area contributed by atoms with Gasteiger partial charge < -0.3 is 5.32 Å². The molecule has 0 spiro atoms. The number of carbonyl (C=O) groups is 2. The van der Waals surface area contributed by atoms with E-state index in [9.17, 15) is 19.7 Å². The molecule has 1 fully saturated rings. The summed E-state index contributed by atoms with van der Waals surface area (Å²) in [7, 11) is 0. The molecular weight excluding hydrogens is 398 g/mol. The van der Waals surface area contributed by atoms with Crippen molar-refractivity contribution in [2.75, 3.05) is 11.9 Å². The van der Waals surface area contributed by atoms with E-state index in [0.29, 0.717) is 9.23 Å². The Labute approximate surface area is 170 Å². The zero-order chi connectivity index (χ0) is 20.1. The molecule has 7 nitrogen and oxygen atoms in total.